The van der Waals surface area contributed by atoms with E-state index in [9.17, 15) is 0 Å². The van der Waals surface area contributed by atoms with Crippen molar-refractivity contribution >= 4 is 0 Å². The lowest BCUT2D eigenvalue weighted by Gasteiger charge is -2.20. The summed E-state index contributed by atoms with van der Waals surface area (Å²) in [6.07, 6.45) is 2.25. The number of nitrogens with one attached hydrogen (secondary N) is 1. The lowest BCUT2D eigenvalue weighted by molar-refractivity contribution is 0.240. The van der Waals surface area contributed by atoms with Gasteiger partial charge in [0.05, 0.1) is 6.61 Å². The molecule has 0 amide bonds. The Balaban J connectivity index is 2.64. The summed E-state index contributed by atoms with van der Waals surface area (Å²) in [6, 6.07) is 4.48. The SMILES string of the molecule is CCCNCc1cc(C)c(OCCC(C)(C)C)c(C)c1. The van der Waals surface area contributed by atoms with Crippen LogP contribution in [0.3, 0.4) is 0 Å². The fourth-order valence-corrected chi connectivity index (χ4v) is 2.24. The molecular formula is C18H31NO. The summed E-state index contributed by atoms with van der Waals surface area (Å²) >= 11 is 0. The zero-order valence-electron chi connectivity index (χ0n) is 14.1. The van der Waals surface area contributed by atoms with E-state index in [0.717, 1.165) is 31.9 Å². The van der Waals surface area contributed by atoms with Crippen LogP contribution in [-0.4, -0.2) is 13.2 Å². The largest absolute Gasteiger partial charge is 0.493 e. The van der Waals surface area contributed by atoms with Crippen LogP contribution in [-0.2, 0) is 6.54 Å². The van der Waals surface area contributed by atoms with E-state index < -0.39 is 0 Å². The van der Waals surface area contributed by atoms with E-state index in [0.29, 0.717) is 5.41 Å². The first-order valence-electron chi connectivity index (χ1n) is 7.77. The molecule has 0 bridgehead atoms. The Morgan fingerprint density at radius 3 is 2.20 bits per heavy atom. The van der Waals surface area contributed by atoms with Crippen molar-refractivity contribution < 1.29 is 4.74 Å². The second-order valence-corrected chi connectivity index (χ2v) is 6.89. The maximum Gasteiger partial charge on any atom is 0.125 e. The van der Waals surface area contributed by atoms with E-state index >= 15 is 0 Å². The van der Waals surface area contributed by atoms with Gasteiger partial charge in [-0.25, -0.2) is 0 Å². The highest BCUT2D eigenvalue weighted by molar-refractivity contribution is 5.43. The predicted molar refractivity (Wildman–Crippen MR) is 87.5 cm³/mol. The van der Waals surface area contributed by atoms with Gasteiger partial charge in [0.25, 0.3) is 0 Å². The third-order valence-electron chi connectivity index (χ3n) is 3.37. The number of aryl methyl sites for hydroxylation is 2. The minimum atomic E-state index is 0.325. The summed E-state index contributed by atoms with van der Waals surface area (Å²) in [5, 5.41) is 3.45. The van der Waals surface area contributed by atoms with E-state index in [-0.39, 0.29) is 0 Å². The molecule has 0 radical (unpaired) electrons. The summed E-state index contributed by atoms with van der Waals surface area (Å²) in [5.74, 6) is 1.06. The Morgan fingerprint density at radius 1 is 1.10 bits per heavy atom. The topological polar surface area (TPSA) is 21.3 Å². The van der Waals surface area contributed by atoms with Crippen molar-refractivity contribution in [3.8, 4) is 5.75 Å². The maximum atomic E-state index is 6.00. The molecule has 0 aliphatic heterocycles. The molecule has 114 valence electrons. The van der Waals surface area contributed by atoms with Crippen LogP contribution in [0.25, 0.3) is 0 Å². The summed E-state index contributed by atoms with van der Waals surface area (Å²) in [7, 11) is 0. The van der Waals surface area contributed by atoms with Gasteiger partial charge in [0.1, 0.15) is 5.75 Å². The van der Waals surface area contributed by atoms with E-state index in [2.05, 4.69) is 59.0 Å². The average Bonchev–Trinajstić information content (AvgIpc) is 2.32. The van der Waals surface area contributed by atoms with Crippen molar-refractivity contribution in [2.75, 3.05) is 13.2 Å². The molecule has 2 nitrogen and oxygen atoms in total. The Kier molecular flexibility index (Phi) is 6.54. The van der Waals surface area contributed by atoms with Crippen LogP contribution in [0.4, 0.5) is 0 Å². The molecule has 0 saturated heterocycles. The van der Waals surface area contributed by atoms with Crippen molar-refractivity contribution in [3.63, 3.8) is 0 Å². The van der Waals surface area contributed by atoms with Gasteiger partial charge in [-0.3, -0.25) is 0 Å². The van der Waals surface area contributed by atoms with Crippen LogP contribution >= 0.6 is 0 Å². The van der Waals surface area contributed by atoms with Crippen molar-refractivity contribution in [2.45, 2.75) is 60.9 Å². The summed E-state index contributed by atoms with van der Waals surface area (Å²) < 4.78 is 6.00. The molecular weight excluding hydrogens is 246 g/mol. The van der Waals surface area contributed by atoms with Crippen LogP contribution in [0.5, 0.6) is 5.75 Å². The lowest BCUT2D eigenvalue weighted by Crippen LogP contribution is -2.14. The van der Waals surface area contributed by atoms with Gasteiger partial charge in [0, 0.05) is 6.54 Å². The van der Waals surface area contributed by atoms with E-state index in [1.807, 2.05) is 0 Å². The smallest absolute Gasteiger partial charge is 0.125 e. The highest BCUT2D eigenvalue weighted by atomic mass is 16.5. The van der Waals surface area contributed by atoms with Gasteiger partial charge in [0.2, 0.25) is 0 Å². The molecule has 1 N–H and O–H groups in total. The second kappa shape index (κ2) is 7.68. The third-order valence-corrected chi connectivity index (χ3v) is 3.37. The van der Waals surface area contributed by atoms with Gasteiger partial charge in [-0.2, -0.15) is 0 Å². The van der Waals surface area contributed by atoms with Crippen molar-refractivity contribution in [2.24, 2.45) is 5.41 Å². The summed E-state index contributed by atoms with van der Waals surface area (Å²) in [4.78, 5) is 0. The van der Waals surface area contributed by atoms with Crippen LogP contribution in [0, 0.1) is 19.3 Å². The fraction of sp³-hybridized carbons (Fsp3) is 0.667. The summed E-state index contributed by atoms with van der Waals surface area (Å²) in [5.41, 5.74) is 4.15. The minimum Gasteiger partial charge on any atom is -0.493 e. The number of hydrogen-bond acceptors (Lipinski definition) is 2. The molecule has 0 aliphatic rings. The maximum absolute atomic E-state index is 6.00. The van der Waals surface area contributed by atoms with E-state index in [1.165, 1.54) is 23.1 Å². The fourth-order valence-electron chi connectivity index (χ4n) is 2.24. The number of benzene rings is 1. The zero-order chi connectivity index (χ0) is 15.2. The van der Waals surface area contributed by atoms with Crippen molar-refractivity contribution in [1.29, 1.82) is 0 Å². The first kappa shape index (κ1) is 17.0. The van der Waals surface area contributed by atoms with Crippen molar-refractivity contribution in [1.82, 2.24) is 5.32 Å². The predicted octanol–water partition coefficient (Wildman–Crippen LogP) is 4.62. The third kappa shape index (κ3) is 5.96. The van der Waals surface area contributed by atoms with Gasteiger partial charge in [-0.05, 0) is 55.3 Å². The number of hydrogen-bond donors (Lipinski definition) is 1. The highest BCUT2D eigenvalue weighted by Gasteiger charge is 2.12. The Hall–Kier alpha value is -1.02. The van der Waals surface area contributed by atoms with Crippen LogP contribution < -0.4 is 10.1 Å². The monoisotopic (exact) mass is 277 g/mol. The van der Waals surface area contributed by atoms with E-state index in [1.54, 1.807) is 0 Å². The number of ether oxygens (including phenoxy) is 1. The first-order chi connectivity index (χ1) is 9.33. The lowest BCUT2D eigenvalue weighted by atomic mass is 9.93. The molecule has 0 fully saturated rings. The Morgan fingerprint density at radius 2 is 1.70 bits per heavy atom. The molecule has 0 atom stereocenters. The molecule has 0 aromatic heterocycles. The molecule has 2 heteroatoms. The zero-order valence-corrected chi connectivity index (χ0v) is 14.1. The van der Waals surface area contributed by atoms with Crippen LogP contribution in [0.15, 0.2) is 12.1 Å². The number of rotatable bonds is 7. The molecule has 1 rings (SSSR count). The van der Waals surface area contributed by atoms with Gasteiger partial charge in [0.15, 0.2) is 0 Å². The minimum absolute atomic E-state index is 0.325. The normalized spacial score (nSPS) is 11.7. The standard InChI is InChI=1S/C18H31NO/c1-7-9-19-13-16-11-14(2)17(15(3)12-16)20-10-8-18(4,5)6/h11-12,19H,7-10,13H2,1-6H3. The van der Waals surface area contributed by atoms with Crippen molar-refractivity contribution in [3.05, 3.63) is 28.8 Å². The highest BCUT2D eigenvalue weighted by Crippen LogP contribution is 2.26. The molecule has 0 heterocycles. The molecule has 0 spiro atoms. The van der Waals surface area contributed by atoms with Gasteiger partial charge in [-0.1, -0.05) is 39.8 Å². The quantitative estimate of drug-likeness (QED) is 0.734. The van der Waals surface area contributed by atoms with Crippen LogP contribution in [0.2, 0.25) is 0 Å². The molecule has 0 saturated carbocycles. The van der Waals surface area contributed by atoms with Gasteiger partial charge < -0.3 is 10.1 Å². The van der Waals surface area contributed by atoms with Gasteiger partial charge in [-0.15, -0.1) is 0 Å². The molecule has 20 heavy (non-hydrogen) atoms. The molecule has 0 aliphatic carbocycles. The molecule has 1 aromatic rings. The molecule has 1 aromatic carbocycles. The van der Waals surface area contributed by atoms with Gasteiger partial charge >= 0.3 is 0 Å². The Bertz CT molecular complexity index is 395. The first-order valence-corrected chi connectivity index (χ1v) is 7.77. The molecule has 0 unspecified atom stereocenters. The van der Waals surface area contributed by atoms with Crippen LogP contribution in [0.1, 0.15) is 57.2 Å². The average molecular weight is 277 g/mol. The Labute approximate surface area is 124 Å². The summed E-state index contributed by atoms with van der Waals surface area (Å²) in [6.45, 7) is 16.0. The second-order valence-electron chi connectivity index (χ2n) is 6.89. The van der Waals surface area contributed by atoms with E-state index in [4.69, 9.17) is 4.74 Å².